The standard InChI is InChI=1S/C28H52N6O8/c1-22(2)6-4-5-9-29-24(35)8-7-23(3)30-25(36)18-31-10-12-32(19-26(37)38)14-16-34(21-28(41)42)17-15-33(13-11-31)20-27(39)40/h22-23H,4-21H2,1-3H3,(H,29,35)(H,30,36)(H,37,38)(H,39,40)(H,41,42)/t23-/m0/s1. The Kier molecular flexibility index (Phi) is 18.6. The van der Waals surface area contributed by atoms with Crippen molar-refractivity contribution in [3.63, 3.8) is 0 Å². The molecule has 0 bridgehead atoms. The van der Waals surface area contributed by atoms with Gasteiger partial charge >= 0.3 is 17.9 Å². The lowest BCUT2D eigenvalue weighted by Gasteiger charge is -2.33. The molecule has 14 heteroatoms. The van der Waals surface area contributed by atoms with Crippen molar-refractivity contribution < 1.29 is 39.3 Å². The van der Waals surface area contributed by atoms with Crippen LogP contribution in [0.3, 0.4) is 0 Å². The molecular weight excluding hydrogens is 548 g/mol. The molecule has 1 atom stereocenters. The molecule has 0 aromatic carbocycles. The van der Waals surface area contributed by atoms with Crippen LogP contribution in [0.4, 0.5) is 0 Å². The predicted octanol–water partition coefficient (Wildman–Crippen LogP) is -0.311. The minimum atomic E-state index is -1.01. The number of rotatable bonds is 17. The fourth-order valence-corrected chi connectivity index (χ4v) is 4.72. The summed E-state index contributed by atoms with van der Waals surface area (Å²) in [7, 11) is 0. The highest BCUT2D eigenvalue weighted by molar-refractivity contribution is 5.79. The molecule has 0 aliphatic carbocycles. The van der Waals surface area contributed by atoms with E-state index in [0.29, 0.717) is 77.7 Å². The first kappa shape index (κ1) is 37.2. The second-order valence-corrected chi connectivity index (χ2v) is 11.5. The average Bonchev–Trinajstić information content (AvgIpc) is 2.87. The van der Waals surface area contributed by atoms with Crippen LogP contribution in [0.2, 0.25) is 0 Å². The van der Waals surface area contributed by atoms with E-state index in [4.69, 9.17) is 0 Å². The number of hydrogen-bond donors (Lipinski definition) is 5. The van der Waals surface area contributed by atoms with Crippen LogP contribution in [0.25, 0.3) is 0 Å². The molecule has 0 radical (unpaired) electrons. The summed E-state index contributed by atoms with van der Waals surface area (Å²) >= 11 is 0. The third-order valence-corrected chi connectivity index (χ3v) is 7.12. The van der Waals surface area contributed by atoms with Gasteiger partial charge in [-0.25, -0.2) is 0 Å². The fraction of sp³-hybridized carbons (Fsp3) is 0.821. The van der Waals surface area contributed by atoms with Gasteiger partial charge in [-0.1, -0.05) is 26.7 Å². The first-order valence-corrected chi connectivity index (χ1v) is 14.9. The van der Waals surface area contributed by atoms with Gasteiger partial charge in [-0.15, -0.1) is 0 Å². The molecular formula is C28H52N6O8. The van der Waals surface area contributed by atoms with Gasteiger partial charge in [0.1, 0.15) is 0 Å². The molecule has 1 rings (SSSR count). The number of carboxylic acids is 3. The van der Waals surface area contributed by atoms with Crippen molar-refractivity contribution in [2.75, 3.05) is 85.1 Å². The molecule has 1 aliphatic heterocycles. The minimum absolute atomic E-state index is 0.0392. The van der Waals surface area contributed by atoms with E-state index < -0.39 is 17.9 Å². The first-order chi connectivity index (χ1) is 19.8. The summed E-state index contributed by atoms with van der Waals surface area (Å²) in [5, 5.41) is 33.8. The lowest BCUT2D eigenvalue weighted by atomic mass is 10.1. The molecule has 0 aromatic rings. The van der Waals surface area contributed by atoms with E-state index in [1.165, 1.54) is 0 Å². The van der Waals surface area contributed by atoms with E-state index in [1.807, 2.05) is 11.8 Å². The number of amides is 2. The molecule has 1 fully saturated rings. The number of carbonyl (C=O) groups is 5. The molecule has 2 amide bonds. The second kappa shape index (κ2) is 21.0. The summed E-state index contributed by atoms with van der Waals surface area (Å²) in [6.45, 7) is 8.88. The Balaban J connectivity index is 2.71. The summed E-state index contributed by atoms with van der Waals surface area (Å²) in [4.78, 5) is 66.2. The van der Waals surface area contributed by atoms with E-state index in [9.17, 15) is 39.3 Å². The largest absolute Gasteiger partial charge is 0.480 e. The van der Waals surface area contributed by atoms with E-state index in [2.05, 4.69) is 24.5 Å². The number of carbonyl (C=O) groups excluding carboxylic acids is 2. The minimum Gasteiger partial charge on any atom is -0.480 e. The Bertz CT molecular complexity index is 826. The maximum Gasteiger partial charge on any atom is 0.317 e. The van der Waals surface area contributed by atoms with Crippen molar-refractivity contribution in [3.8, 4) is 0 Å². The quantitative estimate of drug-likeness (QED) is 0.138. The molecule has 1 aliphatic rings. The molecule has 242 valence electrons. The highest BCUT2D eigenvalue weighted by atomic mass is 16.4. The van der Waals surface area contributed by atoms with Crippen molar-refractivity contribution in [2.45, 2.75) is 58.9 Å². The molecule has 1 heterocycles. The summed E-state index contributed by atoms with van der Waals surface area (Å²) in [5.41, 5.74) is 0. The van der Waals surface area contributed by atoms with Crippen molar-refractivity contribution >= 4 is 29.7 Å². The number of hydrogen-bond acceptors (Lipinski definition) is 9. The number of nitrogens with one attached hydrogen (secondary N) is 2. The SMILES string of the molecule is CC(C)CCCCNC(=O)CC[C@H](C)NC(=O)CN1CCN(CC(=O)O)CCN(CC(=O)O)CCN(CC(=O)O)CC1. The van der Waals surface area contributed by atoms with Crippen LogP contribution in [-0.4, -0.2) is 156 Å². The van der Waals surface area contributed by atoms with Crippen LogP contribution in [0, 0.1) is 5.92 Å². The maximum atomic E-state index is 12.9. The van der Waals surface area contributed by atoms with Gasteiger partial charge in [0.25, 0.3) is 0 Å². The molecule has 5 N–H and O–H groups in total. The van der Waals surface area contributed by atoms with Gasteiger partial charge in [0.2, 0.25) is 11.8 Å². The topological polar surface area (TPSA) is 183 Å². The van der Waals surface area contributed by atoms with Gasteiger partial charge in [-0.2, -0.15) is 0 Å². The maximum absolute atomic E-state index is 12.9. The fourth-order valence-electron chi connectivity index (χ4n) is 4.72. The highest BCUT2D eigenvalue weighted by Crippen LogP contribution is 2.06. The van der Waals surface area contributed by atoms with Crippen LogP contribution in [0.15, 0.2) is 0 Å². The van der Waals surface area contributed by atoms with Crippen molar-refractivity contribution in [3.05, 3.63) is 0 Å². The van der Waals surface area contributed by atoms with E-state index in [0.717, 1.165) is 19.3 Å². The van der Waals surface area contributed by atoms with Crippen LogP contribution in [0.5, 0.6) is 0 Å². The van der Waals surface area contributed by atoms with E-state index in [1.54, 1.807) is 14.7 Å². The Labute approximate surface area is 249 Å². The van der Waals surface area contributed by atoms with Gasteiger partial charge in [0.15, 0.2) is 0 Å². The van der Waals surface area contributed by atoms with Crippen LogP contribution >= 0.6 is 0 Å². The molecule has 14 nitrogen and oxygen atoms in total. The third-order valence-electron chi connectivity index (χ3n) is 7.12. The highest BCUT2D eigenvalue weighted by Gasteiger charge is 2.21. The van der Waals surface area contributed by atoms with Crippen LogP contribution in [0.1, 0.15) is 52.9 Å². The van der Waals surface area contributed by atoms with Crippen LogP contribution in [-0.2, 0) is 24.0 Å². The van der Waals surface area contributed by atoms with Gasteiger partial charge in [-0.05, 0) is 25.7 Å². The first-order valence-electron chi connectivity index (χ1n) is 14.9. The zero-order valence-corrected chi connectivity index (χ0v) is 25.6. The molecule has 0 saturated carbocycles. The Morgan fingerprint density at radius 3 is 1.38 bits per heavy atom. The molecule has 0 spiro atoms. The van der Waals surface area contributed by atoms with Gasteiger partial charge in [-0.3, -0.25) is 43.6 Å². The third kappa shape index (κ3) is 19.3. The average molecular weight is 601 g/mol. The predicted molar refractivity (Wildman–Crippen MR) is 157 cm³/mol. The van der Waals surface area contributed by atoms with Gasteiger partial charge < -0.3 is 26.0 Å². The summed E-state index contributed by atoms with van der Waals surface area (Å²) in [6.07, 6.45) is 3.96. The number of unbranched alkanes of at least 4 members (excludes halogenated alkanes) is 1. The normalized spacial score (nSPS) is 17.6. The molecule has 0 unspecified atom stereocenters. The summed E-state index contributed by atoms with van der Waals surface area (Å²) in [5.74, 6) is -2.64. The molecule has 42 heavy (non-hydrogen) atoms. The Hall–Kier alpha value is -2.81. The van der Waals surface area contributed by atoms with Crippen LogP contribution < -0.4 is 10.6 Å². The lowest BCUT2D eigenvalue weighted by Crippen LogP contribution is -2.50. The Morgan fingerprint density at radius 1 is 0.595 bits per heavy atom. The molecule has 1 saturated heterocycles. The second-order valence-electron chi connectivity index (χ2n) is 11.5. The van der Waals surface area contributed by atoms with E-state index >= 15 is 0 Å². The number of nitrogens with zero attached hydrogens (tertiary/aromatic N) is 4. The van der Waals surface area contributed by atoms with E-state index in [-0.39, 0.29) is 44.0 Å². The molecule has 0 aromatic heterocycles. The number of carboxylic acid groups (broad SMARTS) is 3. The lowest BCUT2D eigenvalue weighted by molar-refractivity contribution is -0.140. The summed E-state index contributed by atoms with van der Waals surface area (Å²) < 4.78 is 0. The van der Waals surface area contributed by atoms with Crippen molar-refractivity contribution in [1.29, 1.82) is 0 Å². The van der Waals surface area contributed by atoms with Gasteiger partial charge in [0.05, 0.1) is 26.2 Å². The Morgan fingerprint density at radius 2 is 1.00 bits per heavy atom. The zero-order chi connectivity index (χ0) is 31.5. The summed E-state index contributed by atoms with van der Waals surface area (Å²) in [6, 6.07) is -0.219. The van der Waals surface area contributed by atoms with Crippen molar-refractivity contribution in [2.24, 2.45) is 5.92 Å². The number of aliphatic carboxylic acids is 3. The van der Waals surface area contributed by atoms with Crippen molar-refractivity contribution in [1.82, 2.24) is 30.2 Å². The smallest absolute Gasteiger partial charge is 0.317 e. The monoisotopic (exact) mass is 600 g/mol. The van der Waals surface area contributed by atoms with Gasteiger partial charge in [0, 0.05) is 71.4 Å². The zero-order valence-electron chi connectivity index (χ0n) is 25.6.